The molecule has 2 aromatic carbocycles. The Morgan fingerprint density at radius 2 is 1.75 bits per heavy atom. The highest BCUT2D eigenvalue weighted by molar-refractivity contribution is 9.10. The van der Waals surface area contributed by atoms with E-state index in [9.17, 15) is 13.2 Å². The predicted octanol–water partition coefficient (Wildman–Crippen LogP) is 4.23. The van der Waals surface area contributed by atoms with E-state index in [0.717, 1.165) is 14.3 Å². The Morgan fingerprint density at radius 1 is 1.07 bits per heavy atom. The van der Waals surface area contributed by atoms with E-state index in [2.05, 4.69) is 26.2 Å². The fraction of sp³-hybridized carbons (Fsp3) is 0.100. The Morgan fingerprint density at radius 3 is 2.43 bits per heavy atom. The van der Waals surface area contributed by atoms with Gasteiger partial charge in [0, 0.05) is 17.7 Å². The fourth-order valence-corrected chi connectivity index (χ4v) is 4.05. The van der Waals surface area contributed by atoms with Gasteiger partial charge in [-0.05, 0) is 53.2 Å². The Balaban J connectivity index is 1.87. The van der Waals surface area contributed by atoms with E-state index >= 15 is 0 Å². The molecule has 3 rings (SSSR count). The van der Waals surface area contributed by atoms with Gasteiger partial charge in [0.25, 0.3) is 15.9 Å². The van der Waals surface area contributed by atoms with Crippen LogP contribution in [0, 0.1) is 6.92 Å². The summed E-state index contributed by atoms with van der Waals surface area (Å²) in [5.74, 6) is -0.387. The highest BCUT2D eigenvalue weighted by atomic mass is 79.9. The number of amides is 1. The van der Waals surface area contributed by atoms with Gasteiger partial charge in [-0.2, -0.15) is 0 Å². The first-order valence-electron chi connectivity index (χ1n) is 8.35. The third-order valence-electron chi connectivity index (χ3n) is 4.15. The average Bonchev–Trinajstić information content (AvgIpc) is 2.69. The van der Waals surface area contributed by atoms with E-state index in [0.29, 0.717) is 11.4 Å². The summed E-state index contributed by atoms with van der Waals surface area (Å²) in [6.07, 6.45) is 2.79. The van der Waals surface area contributed by atoms with Crippen LogP contribution in [-0.4, -0.2) is 26.4 Å². The van der Waals surface area contributed by atoms with Crippen molar-refractivity contribution in [3.63, 3.8) is 0 Å². The normalized spacial score (nSPS) is 11.1. The summed E-state index contributed by atoms with van der Waals surface area (Å²) in [6, 6.07) is 15.3. The zero-order chi connectivity index (χ0) is 20.3. The van der Waals surface area contributed by atoms with Crippen molar-refractivity contribution < 1.29 is 13.2 Å². The van der Waals surface area contributed by atoms with Gasteiger partial charge in [0.1, 0.15) is 0 Å². The zero-order valence-electron chi connectivity index (χ0n) is 15.3. The molecular formula is C20H18BrN3O3S. The Hall–Kier alpha value is -2.71. The molecule has 1 aromatic heterocycles. The van der Waals surface area contributed by atoms with Crippen molar-refractivity contribution in [3.05, 3.63) is 82.6 Å². The molecule has 0 spiro atoms. The molecule has 0 aliphatic heterocycles. The standard InChI is InChI=1S/C20H18BrN3O3S/c1-14-7-9-17(10-8-14)28(26,27)24(2)16-11-15(12-22-13-16)20(25)23-19-6-4-3-5-18(19)21/h3-13H,1-2H3,(H,23,25). The summed E-state index contributed by atoms with van der Waals surface area (Å²) in [6.45, 7) is 1.89. The summed E-state index contributed by atoms with van der Waals surface area (Å²) in [4.78, 5) is 16.8. The molecule has 1 amide bonds. The minimum atomic E-state index is -3.76. The maximum atomic E-state index is 12.9. The quantitative estimate of drug-likeness (QED) is 0.618. The molecule has 0 fully saturated rings. The number of benzene rings is 2. The van der Waals surface area contributed by atoms with Gasteiger partial charge in [0.2, 0.25) is 0 Å². The average molecular weight is 460 g/mol. The molecule has 0 saturated carbocycles. The van der Waals surface area contributed by atoms with E-state index in [4.69, 9.17) is 0 Å². The first-order valence-corrected chi connectivity index (χ1v) is 10.6. The van der Waals surface area contributed by atoms with Gasteiger partial charge in [0.05, 0.1) is 28.0 Å². The highest BCUT2D eigenvalue weighted by Gasteiger charge is 2.22. The summed E-state index contributed by atoms with van der Waals surface area (Å²) in [5.41, 5.74) is 2.12. The molecule has 6 nitrogen and oxygen atoms in total. The van der Waals surface area contributed by atoms with Crippen LogP contribution >= 0.6 is 15.9 Å². The number of sulfonamides is 1. The molecule has 28 heavy (non-hydrogen) atoms. The van der Waals surface area contributed by atoms with Gasteiger partial charge < -0.3 is 5.32 Å². The Kier molecular flexibility index (Phi) is 5.81. The van der Waals surface area contributed by atoms with E-state index in [1.54, 1.807) is 36.4 Å². The molecule has 144 valence electrons. The minimum Gasteiger partial charge on any atom is -0.321 e. The highest BCUT2D eigenvalue weighted by Crippen LogP contribution is 2.24. The number of rotatable bonds is 5. The number of anilines is 2. The van der Waals surface area contributed by atoms with Gasteiger partial charge in [0.15, 0.2) is 0 Å². The van der Waals surface area contributed by atoms with Crippen LogP contribution in [0.5, 0.6) is 0 Å². The molecule has 0 aliphatic carbocycles. The summed E-state index contributed by atoms with van der Waals surface area (Å²) >= 11 is 3.37. The van der Waals surface area contributed by atoms with Gasteiger partial charge in [-0.1, -0.05) is 29.8 Å². The molecule has 0 bridgehead atoms. The number of hydrogen-bond acceptors (Lipinski definition) is 4. The van der Waals surface area contributed by atoms with Crippen LogP contribution in [-0.2, 0) is 10.0 Å². The minimum absolute atomic E-state index is 0.170. The molecule has 0 saturated heterocycles. The Labute approximate surface area is 172 Å². The maximum absolute atomic E-state index is 12.9. The number of aryl methyl sites for hydroxylation is 1. The number of aromatic nitrogens is 1. The lowest BCUT2D eigenvalue weighted by atomic mass is 10.2. The molecule has 0 radical (unpaired) electrons. The molecule has 8 heteroatoms. The van der Waals surface area contributed by atoms with Crippen LogP contribution in [0.15, 0.2) is 76.4 Å². The van der Waals surface area contributed by atoms with Crippen LogP contribution in [0.2, 0.25) is 0 Å². The van der Waals surface area contributed by atoms with Crippen molar-refractivity contribution in [2.24, 2.45) is 0 Å². The van der Waals surface area contributed by atoms with Gasteiger partial charge in [-0.3, -0.25) is 14.1 Å². The summed E-state index contributed by atoms with van der Waals surface area (Å²) in [5, 5.41) is 2.78. The molecular weight excluding hydrogens is 442 g/mol. The second-order valence-electron chi connectivity index (χ2n) is 6.15. The maximum Gasteiger partial charge on any atom is 0.264 e. The molecule has 1 heterocycles. The monoisotopic (exact) mass is 459 g/mol. The molecule has 0 atom stereocenters. The second kappa shape index (κ2) is 8.12. The van der Waals surface area contributed by atoms with Crippen molar-refractivity contribution in [2.75, 3.05) is 16.7 Å². The molecule has 0 unspecified atom stereocenters. The molecule has 1 N–H and O–H groups in total. The number of carbonyl (C=O) groups is 1. The van der Waals surface area contributed by atoms with Crippen LogP contribution in [0.25, 0.3) is 0 Å². The Bertz CT molecular complexity index is 1120. The number of pyridine rings is 1. The number of nitrogens with zero attached hydrogens (tertiary/aromatic N) is 2. The van der Waals surface area contributed by atoms with Crippen molar-refractivity contribution in [3.8, 4) is 0 Å². The zero-order valence-corrected chi connectivity index (χ0v) is 17.7. The van der Waals surface area contributed by atoms with Crippen LogP contribution in [0.4, 0.5) is 11.4 Å². The smallest absolute Gasteiger partial charge is 0.264 e. The molecule has 0 aliphatic rings. The lowest BCUT2D eigenvalue weighted by molar-refractivity contribution is 0.102. The van der Waals surface area contributed by atoms with Crippen molar-refractivity contribution in [1.82, 2.24) is 4.98 Å². The third kappa shape index (κ3) is 4.23. The predicted molar refractivity (Wildman–Crippen MR) is 113 cm³/mol. The van der Waals surface area contributed by atoms with E-state index in [-0.39, 0.29) is 16.4 Å². The van der Waals surface area contributed by atoms with Crippen molar-refractivity contribution >= 4 is 43.2 Å². The number of hydrogen-bond donors (Lipinski definition) is 1. The number of carbonyl (C=O) groups excluding carboxylic acids is 1. The lowest BCUT2D eigenvalue weighted by Crippen LogP contribution is -2.27. The summed E-state index contributed by atoms with van der Waals surface area (Å²) in [7, 11) is -2.33. The van der Waals surface area contributed by atoms with E-state index < -0.39 is 10.0 Å². The molecule has 3 aromatic rings. The van der Waals surface area contributed by atoms with Crippen molar-refractivity contribution in [1.29, 1.82) is 0 Å². The number of halogens is 1. The van der Waals surface area contributed by atoms with E-state index in [1.807, 2.05) is 19.1 Å². The summed E-state index contributed by atoms with van der Waals surface area (Å²) < 4.78 is 27.6. The van der Waals surface area contributed by atoms with E-state index in [1.165, 1.54) is 25.5 Å². The van der Waals surface area contributed by atoms with Crippen LogP contribution < -0.4 is 9.62 Å². The SMILES string of the molecule is Cc1ccc(S(=O)(=O)N(C)c2cncc(C(=O)Nc3ccccc3Br)c2)cc1. The number of nitrogens with one attached hydrogen (secondary N) is 1. The van der Waals surface area contributed by atoms with Crippen molar-refractivity contribution in [2.45, 2.75) is 11.8 Å². The van der Waals surface area contributed by atoms with Gasteiger partial charge in [-0.15, -0.1) is 0 Å². The lowest BCUT2D eigenvalue weighted by Gasteiger charge is -2.20. The second-order valence-corrected chi connectivity index (χ2v) is 8.97. The fourth-order valence-electron chi connectivity index (χ4n) is 2.49. The van der Waals surface area contributed by atoms with Crippen LogP contribution in [0.1, 0.15) is 15.9 Å². The van der Waals surface area contributed by atoms with Gasteiger partial charge in [-0.25, -0.2) is 8.42 Å². The first-order chi connectivity index (χ1) is 13.3. The largest absolute Gasteiger partial charge is 0.321 e. The van der Waals surface area contributed by atoms with Crippen LogP contribution in [0.3, 0.4) is 0 Å². The topological polar surface area (TPSA) is 79.4 Å². The first kappa shape index (κ1) is 20.0. The number of para-hydroxylation sites is 1. The third-order valence-corrected chi connectivity index (χ3v) is 6.64. The van der Waals surface area contributed by atoms with Gasteiger partial charge >= 0.3 is 0 Å².